The molecule has 0 amide bonds. The number of benzene rings is 1. The second-order valence-corrected chi connectivity index (χ2v) is 7.15. The summed E-state index contributed by atoms with van der Waals surface area (Å²) < 4.78 is 19.4. The van der Waals surface area contributed by atoms with E-state index in [2.05, 4.69) is 15.5 Å². The number of aryl methyl sites for hydroxylation is 2. The molecule has 23 heavy (non-hydrogen) atoms. The van der Waals surface area contributed by atoms with E-state index >= 15 is 0 Å². The molecule has 0 aliphatic rings. The monoisotopic (exact) mass is 330 g/mol. The van der Waals surface area contributed by atoms with Crippen molar-refractivity contribution in [2.24, 2.45) is 0 Å². The van der Waals surface area contributed by atoms with Crippen LogP contribution >= 0.6 is 0 Å². The first-order valence-electron chi connectivity index (χ1n) is 7.33. The Morgan fingerprint density at radius 3 is 2.65 bits per heavy atom. The summed E-state index contributed by atoms with van der Waals surface area (Å²) in [6.45, 7) is 5.59. The first kappa shape index (κ1) is 15.6. The minimum absolute atomic E-state index is 0.221. The summed E-state index contributed by atoms with van der Waals surface area (Å²) in [6, 6.07) is 9.72. The SMILES string of the molecule is Cc1noc(C)c1C[S@](=O)[C@@H](C)c1cn(-c2ccccc2)nn1. The number of hydrogen-bond acceptors (Lipinski definition) is 5. The maximum Gasteiger partial charge on any atom is 0.138 e. The Bertz CT molecular complexity index is 806. The van der Waals surface area contributed by atoms with Gasteiger partial charge in [0.15, 0.2) is 0 Å². The van der Waals surface area contributed by atoms with Crippen molar-refractivity contribution in [2.75, 3.05) is 0 Å². The molecule has 120 valence electrons. The number of para-hydroxylation sites is 1. The van der Waals surface area contributed by atoms with Crippen LogP contribution in [0.2, 0.25) is 0 Å². The van der Waals surface area contributed by atoms with Gasteiger partial charge < -0.3 is 4.52 Å². The molecule has 0 fully saturated rings. The molecule has 3 aromatic rings. The largest absolute Gasteiger partial charge is 0.361 e. The van der Waals surface area contributed by atoms with Crippen LogP contribution in [0.4, 0.5) is 0 Å². The van der Waals surface area contributed by atoms with E-state index in [1.807, 2.05) is 57.3 Å². The molecule has 0 bridgehead atoms. The van der Waals surface area contributed by atoms with E-state index in [1.54, 1.807) is 4.68 Å². The molecule has 0 N–H and O–H groups in total. The molecule has 2 aromatic heterocycles. The Hall–Kier alpha value is -2.28. The fourth-order valence-corrected chi connectivity index (χ4v) is 3.60. The second-order valence-electron chi connectivity index (χ2n) is 5.39. The third kappa shape index (κ3) is 3.24. The van der Waals surface area contributed by atoms with E-state index in [9.17, 15) is 4.21 Å². The van der Waals surface area contributed by atoms with Crippen molar-refractivity contribution in [3.8, 4) is 5.69 Å². The Labute approximate surface area is 137 Å². The normalized spacial score (nSPS) is 13.9. The lowest BCUT2D eigenvalue weighted by Gasteiger charge is -2.08. The molecule has 0 radical (unpaired) electrons. The van der Waals surface area contributed by atoms with E-state index in [0.717, 1.165) is 22.7 Å². The zero-order valence-corrected chi connectivity index (χ0v) is 14.1. The molecule has 1 aromatic carbocycles. The Balaban J connectivity index is 1.77. The van der Waals surface area contributed by atoms with Crippen molar-refractivity contribution < 1.29 is 8.73 Å². The summed E-state index contributed by atoms with van der Waals surface area (Å²) in [7, 11) is -1.12. The molecule has 0 aliphatic heterocycles. The summed E-state index contributed by atoms with van der Waals surface area (Å²) in [4.78, 5) is 0. The van der Waals surface area contributed by atoms with Crippen molar-refractivity contribution in [1.29, 1.82) is 0 Å². The van der Waals surface area contributed by atoms with E-state index in [4.69, 9.17) is 4.52 Å². The van der Waals surface area contributed by atoms with Gasteiger partial charge in [0.2, 0.25) is 0 Å². The van der Waals surface area contributed by atoms with E-state index in [-0.39, 0.29) is 5.25 Å². The predicted octanol–water partition coefficient (Wildman–Crippen LogP) is 2.88. The van der Waals surface area contributed by atoms with Crippen LogP contribution in [0.25, 0.3) is 5.69 Å². The first-order valence-corrected chi connectivity index (χ1v) is 8.71. The molecule has 2 heterocycles. The topological polar surface area (TPSA) is 73.8 Å². The van der Waals surface area contributed by atoms with E-state index < -0.39 is 10.8 Å². The van der Waals surface area contributed by atoms with Crippen molar-refractivity contribution in [2.45, 2.75) is 31.8 Å². The standard InChI is InChI=1S/C16H18N4O2S/c1-11-15(12(2)22-18-11)10-23(21)13(3)16-9-20(19-17-16)14-7-5-4-6-8-14/h4-9,13H,10H2,1-3H3/t13-,23-/m0/s1. The lowest BCUT2D eigenvalue weighted by atomic mass is 10.2. The van der Waals surface area contributed by atoms with Gasteiger partial charge in [0.25, 0.3) is 0 Å². The smallest absolute Gasteiger partial charge is 0.138 e. The van der Waals surface area contributed by atoms with Gasteiger partial charge in [-0.15, -0.1) is 5.10 Å². The van der Waals surface area contributed by atoms with Crippen LogP contribution in [0.3, 0.4) is 0 Å². The number of aromatic nitrogens is 4. The van der Waals surface area contributed by atoms with Crippen molar-refractivity contribution in [1.82, 2.24) is 20.2 Å². The molecular formula is C16H18N4O2S. The molecule has 3 rings (SSSR count). The highest BCUT2D eigenvalue weighted by atomic mass is 32.2. The van der Waals surface area contributed by atoms with Crippen LogP contribution in [0.15, 0.2) is 41.1 Å². The van der Waals surface area contributed by atoms with Crippen molar-refractivity contribution in [3.05, 3.63) is 59.2 Å². The lowest BCUT2D eigenvalue weighted by molar-refractivity contribution is 0.392. The number of rotatable bonds is 5. The van der Waals surface area contributed by atoms with Gasteiger partial charge in [-0.25, -0.2) is 4.68 Å². The highest BCUT2D eigenvalue weighted by Crippen LogP contribution is 2.23. The molecule has 0 unspecified atom stereocenters. The van der Waals surface area contributed by atoms with Gasteiger partial charge in [0.1, 0.15) is 5.76 Å². The molecule has 6 nitrogen and oxygen atoms in total. The van der Waals surface area contributed by atoms with Crippen LogP contribution in [-0.2, 0) is 16.6 Å². The summed E-state index contributed by atoms with van der Waals surface area (Å²) in [5.74, 6) is 1.12. The van der Waals surface area contributed by atoms with Gasteiger partial charge in [-0.3, -0.25) is 4.21 Å². The summed E-state index contributed by atoms with van der Waals surface area (Å²) >= 11 is 0. The third-order valence-corrected chi connectivity index (χ3v) is 5.41. The van der Waals surface area contributed by atoms with Gasteiger partial charge in [-0.05, 0) is 32.9 Å². The minimum atomic E-state index is -1.12. The highest BCUT2D eigenvalue weighted by molar-refractivity contribution is 7.84. The average Bonchev–Trinajstić information content (AvgIpc) is 3.17. The summed E-state index contributed by atoms with van der Waals surface area (Å²) in [5, 5.41) is 12.0. The van der Waals surface area contributed by atoms with Gasteiger partial charge in [-0.1, -0.05) is 28.6 Å². The van der Waals surface area contributed by atoms with Gasteiger partial charge >= 0.3 is 0 Å². The fourth-order valence-electron chi connectivity index (χ4n) is 2.28. The number of nitrogens with zero attached hydrogens (tertiary/aromatic N) is 4. The highest BCUT2D eigenvalue weighted by Gasteiger charge is 2.21. The minimum Gasteiger partial charge on any atom is -0.361 e. The molecule has 7 heteroatoms. The fraction of sp³-hybridized carbons (Fsp3) is 0.312. The van der Waals surface area contributed by atoms with E-state index in [1.165, 1.54) is 0 Å². The van der Waals surface area contributed by atoms with Gasteiger partial charge in [-0.2, -0.15) is 0 Å². The molecule has 0 saturated carbocycles. The summed E-state index contributed by atoms with van der Waals surface area (Å²) in [5.41, 5.74) is 3.33. The van der Waals surface area contributed by atoms with Crippen LogP contribution in [-0.4, -0.2) is 24.4 Å². The first-order chi connectivity index (χ1) is 11.1. The quantitative estimate of drug-likeness (QED) is 0.719. The zero-order valence-electron chi connectivity index (χ0n) is 13.3. The molecular weight excluding hydrogens is 312 g/mol. The Morgan fingerprint density at radius 2 is 2.00 bits per heavy atom. The molecule has 0 aliphatic carbocycles. The van der Waals surface area contributed by atoms with E-state index in [0.29, 0.717) is 11.4 Å². The average molecular weight is 330 g/mol. The molecule has 0 spiro atoms. The van der Waals surface area contributed by atoms with Crippen molar-refractivity contribution >= 4 is 10.8 Å². The van der Waals surface area contributed by atoms with Crippen LogP contribution in [0.5, 0.6) is 0 Å². The zero-order chi connectivity index (χ0) is 16.4. The molecule has 2 atom stereocenters. The maximum absolute atomic E-state index is 12.6. The lowest BCUT2D eigenvalue weighted by Crippen LogP contribution is -2.07. The summed E-state index contributed by atoms with van der Waals surface area (Å²) in [6.07, 6.45) is 1.82. The van der Waals surface area contributed by atoms with Gasteiger partial charge in [0.05, 0.1) is 34.3 Å². The third-order valence-electron chi connectivity index (χ3n) is 3.81. The Morgan fingerprint density at radius 1 is 1.26 bits per heavy atom. The Kier molecular flexibility index (Phi) is 4.38. The second kappa shape index (κ2) is 6.45. The predicted molar refractivity (Wildman–Crippen MR) is 87.6 cm³/mol. The van der Waals surface area contributed by atoms with Crippen LogP contribution in [0, 0.1) is 13.8 Å². The molecule has 0 saturated heterocycles. The van der Waals surface area contributed by atoms with Crippen molar-refractivity contribution in [3.63, 3.8) is 0 Å². The van der Waals surface area contributed by atoms with Gasteiger partial charge in [0, 0.05) is 16.4 Å². The number of hydrogen-bond donors (Lipinski definition) is 0. The maximum atomic E-state index is 12.6. The van der Waals surface area contributed by atoms with Crippen LogP contribution in [0.1, 0.15) is 34.9 Å². The van der Waals surface area contributed by atoms with Crippen LogP contribution < -0.4 is 0 Å².